The van der Waals surface area contributed by atoms with Crippen molar-refractivity contribution in [2.45, 2.75) is 18.4 Å². The average molecular weight is 289 g/mol. The van der Waals surface area contributed by atoms with Gasteiger partial charge < -0.3 is 5.11 Å². The molecule has 4 nitrogen and oxygen atoms in total. The zero-order chi connectivity index (χ0) is 12.5. The molecule has 0 fully saturated rings. The largest absolute Gasteiger partial charge is 0.391 e. The second-order valence-corrected chi connectivity index (χ2v) is 6.81. The number of sulfonamides is 1. The van der Waals surface area contributed by atoms with Gasteiger partial charge >= 0.3 is 0 Å². The molecule has 0 amide bonds. The predicted molar refractivity (Wildman–Crippen MR) is 70.1 cm³/mol. The van der Waals surface area contributed by atoms with E-state index in [-0.39, 0.29) is 11.5 Å². The number of nitrogens with one attached hydrogen (secondary N) is 1. The van der Waals surface area contributed by atoms with Crippen LogP contribution in [-0.4, -0.2) is 13.5 Å². The summed E-state index contributed by atoms with van der Waals surface area (Å²) < 4.78 is 26.8. The second kappa shape index (κ2) is 4.77. The van der Waals surface area contributed by atoms with Crippen molar-refractivity contribution in [3.63, 3.8) is 0 Å². The Kier molecular flexibility index (Phi) is 3.53. The smallest absolute Gasteiger partial charge is 0.263 e. The molecular formula is C10H11NO3S3. The molecule has 0 unspecified atom stereocenters. The van der Waals surface area contributed by atoms with Crippen LogP contribution < -0.4 is 4.72 Å². The Hall–Kier alpha value is -0.890. The minimum Gasteiger partial charge on any atom is -0.391 e. The highest BCUT2D eigenvalue weighted by atomic mass is 32.2. The number of rotatable bonds is 4. The zero-order valence-electron chi connectivity index (χ0n) is 9.00. The van der Waals surface area contributed by atoms with Crippen LogP contribution in [0.1, 0.15) is 10.4 Å². The van der Waals surface area contributed by atoms with Crippen LogP contribution in [0.25, 0.3) is 0 Å². The molecule has 0 saturated carbocycles. The molecule has 0 spiro atoms. The van der Waals surface area contributed by atoms with Gasteiger partial charge in [0.15, 0.2) is 0 Å². The number of aliphatic hydroxyl groups is 1. The Labute approximate surface area is 108 Å². The molecule has 0 radical (unpaired) electrons. The van der Waals surface area contributed by atoms with Crippen molar-refractivity contribution in [2.24, 2.45) is 0 Å². The molecule has 2 heterocycles. The maximum absolute atomic E-state index is 12.2. The van der Waals surface area contributed by atoms with Crippen molar-refractivity contribution < 1.29 is 13.5 Å². The van der Waals surface area contributed by atoms with Gasteiger partial charge in [0, 0.05) is 5.38 Å². The Bertz CT molecular complexity index is 599. The number of anilines is 1. The highest BCUT2D eigenvalue weighted by Crippen LogP contribution is 2.28. The van der Waals surface area contributed by atoms with Crippen LogP contribution in [0.3, 0.4) is 0 Å². The van der Waals surface area contributed by atoms with Crippen LogP contribution in [-0.2, 0) is 16.6 Å². The van der Waals surface area contributed by atoms with E-state index in [1.807, 2.05) is 0 Å². The highest BCUT2D eigenvalue weighted by Gasteiger charge is 2.22. The summed E-state index contributed by atoms with van der Waals surface area (Å²) in [5, 5.41) is 14.4. The van der Waals surface area contributed by atoms with E-state index in [0.717, 1.165) is 0 Å². The van der Waals surface area contributed by atoms with Gasteiger partial charge in [0.2, 0.25) is 0 Å². The van der Waals surface area contributed by atoms with Crippen LogP contribution in [0.15, 0.2) is 27.1 Å². The van der Waals surface area contributed by atoms with Crippen molar-refractivity contribution in [1.29, 1.82) is 0 Å². The van der Waals surface area contributed by atoms with E-state index in [2.05, 4.69) is 4.72 Å². The lowest BCUT2D eigenvalue weighted by Gasteiger charge is -2.07. The fourth-order valence-electron chi connectivity index (χ4n) is 1.49. The molecule has 0 aliphatic heterocycles. The summed E-state index contributed by atoms with van der Waals surface area (Å²) in [7, 11) is -3.61. The van der Waals surface area contributed by atoms with Gasteiger partial charge in [0.05, 0.1) is 17.2 Å². The molecule has 2 N–H and O–H groups in total. The molecule has 92 valence electrons. The molecule has 0 aromatic carbocycles. The number of thiophene rings is 2. The van der Waals surface area contributed by atoms with E-state index in [9.17, 15) is 8.42 Å². The van der Waals surface area contributed by atoms with Gasteiger partial charge in [0.1, 0.15) is 4.90 Å². The van der Waals surface area contributed by atoms with Gasteiger partial charge in [-0.05, 0) is 29.3 Å². The van der Waals surface area contributed by atoms with Crippen LogP contribution in [0.2, 0.25) is 0 Å². The quantitative estimate of drug-likeness (QED) is 0.908. The molecule has 2 aromatic heterocycles. The van der Waals surface area contributed by atoms with Crippen molar-refractivity contribution in [3.05, 3.63) is 32.6 Å². The lowest BCUT2D eigenvalue weighted by molar-refractivity contribution is 0.282. The molecule has 0 aliphatic rings. The molecule has 2 rings (SSSR count). The van der Waals surface area contributed by atoms with E-state index in [1.165, 1.54) is 22.7 Å². The van der Waals surface area contributed by atoms with E-state index in [1.54, 1.807) is 29.1 Å². The topological polar surface area (TPSA) is 66.4 Å². The van der Waals surface area contributed by atoms with Gasteiger partial charge in [-0.15, -0.1) is 11.3 Å². The first-order valence-electron chi connectivity index (χ1n) is 4.77. The molecule has 17 heavy (non-hydrogen) atoms. The third-order valence-electron chi connectivity index (χ3n) is 2.18. The summed E-state index contributed by atoms with van der Waals surface area (Å²) in [4.78, 5) is 0.654. The molecule has 7 heteroatoms. The fourth-order valence-corrected chi connectivity index (χ4v) is 4.86. The van der Waals surface area contributed by atoms with Gasteiger partial charge in [-0.25, -0.2) is 8.42 Å². The summed E-state index contributed by atoms with van der Waals surface area (Å²) in [6, 6.07) is 1.70. The monoisotopic (exact) mass is 289 g/mol. The SMILES string of the molecule is Cc1csc(CO)c1S(=O)(=O)Nc1ccsc1. The molecule has 0 atom stereocenters. The lowest BCUT2D eigenvalue weighted by Crippen LogP contribution is -2.14. The number of aliphatic hydroxyl groups excluding tert-OH is 1. The second-order valence-electron chi connectivity index (χ2n) is 3.45. The zero-order valence-corrected chi connectivity index (χ0v) is 11.5. The standard InChI is InChI=1S/C10H11NO3S3/c1-7-5-16-9(4-12)10(7)17(13,14)11-8-2-3-15-6-8/h2-3,5-6,11-12H,4H2,1H3. The minimum atomic E-state index is -3.61. The molecule has 0 bridgehead atoms. The average Bonchev–Trinajstić information content (AvgIpc) is 2.86. The van der Waals surface area contributed by atoms with E-state index < -0.39 is 10.0 Å². The Balaban J connectivity index is 2.41. The van der Waals surface area contributed by atoms with Gasteiger partial charge in [-0.2, -0.15) is 11.3 Å². The van der Waals surface area contributed by atoms with Crippen molar-refractivity contribution in [2.75, 3.05) is 4.72 Å². The first-order valence-corrected chi connectivity index (χ1v) is 8.08. The van der Waals surface area contributed by atoms with Crippen LogP contribution in [0, 0.1) is 6.92 Å². The van der Waals surface area contributed by atoms with Crippen molar-refractivity contribution >= 4 is 38.4 Å². The molecule has 2 aromatic rings. The number of aryl methyl sites for hydroxylation is 1. The number of hydrogen-bond donors (Lipinski definition) is 2. The van der Waals surface area contributed by atoms with Crippen molar-refractivity contribution in [3.8, 4) is 0 Å². The molecular weight excluding hydrogens is 278 g/mol. The molecule has 0 aliphatic carbocycles. The summed E-state index contributed by atoms with van der Waals surface area (Å²) in [6.07, 6.45) is 0. The van der Waals surface area contributed by atoms with Crippen LogP contribution >= 0.6 is 22.7 Å². The lowest BCUT2D eigenvalue weighted by atomic mass is 10.3. The maximum Gasteiger partial charge on any atom is 0.263 e. The first-order chi connectivity index (χ1) is 8.04. The van der Waals surface area contributed by atoms with Gasteiger partial charge in [-0.1, -0.05) is 0 Å². The van der Waals surface area contributed by atoms with Crippen molar-refractivity contribution in [1.82, 2.24) is 0 Å². The van der Waals surface area contributed by atoms with Crippen LogP contribution in [0.5, 0.6) is 0 Å². The minimum absolute atomic E-state index is 0.191. The van der Waals surface area contributed by atoms with Gasteiger partial charge in [0.25, 0.3) is 10.0 Å². The summed E-state index contributed by atoms with van der Waals surface area (Å²) in [5.41, 5.74) is 1.20. The fraction of sp³-hybridized carbons (Fsp3) is 0.200. The van der Waals surface area contributed by atoms with E-state index >= 15 is 0 Å². The Morgan fingerprint density at radius 3 is 2.76 bits per heavy atom. The van der Waals surface area contributed by atoms with E-state index in [4.69, 9.17) is 5.11 Å². The van der Waals surface area contributed by atoms with Gasteiger partial charge in [-0.3, -0.25) is 4.72 Å². The third-order valence-corrected chi connectivity index (χ3v) is 5.69. The maximum atomic E-state index is 12.2. The highest BCUT2D eigenvalue weighted by molar-refractivity contribution is 7.93. The Morgan fingerprint density at radius 1 is 1.41 bits per heavy atom. The Morgan fingerprint density at radius 2 is 2.18 bits per heavy atom. The predicted octanol–water partition coefficient (Wildman–Crippen LogP) is 2.41. The first kappa shape index (κ1) is 12.6. The summed E-state index contributed by atoms with van der Waals surface area (Å²) >= 11 is 2.67. The van der Waals surface area contributed by atoms with Crippen LogP contribution in [0.4, 0.5) is 5.69 Å². The summed E-state index contributed by atoms with van der Waals surface area (Å²) in [5.74, 6) is 0. The normalized spacial score (nSPS) is 11.6. The van der Waals surface area contributed by atoms with E-state index in [0.29, 0.717) is 16.1 Å². The third kappa shape index (κ3) is 2.52. The molecule has 0 saturated heterocycles. The summed E-state index contributed by atoms with van der Waals surface area (Å²) in [6.45, 7) is 1.45. The number of hydrogen-bond acceptors (Lipinski definition) is 5.